The van der Waals surface area contributed by atoms with Crippen LogP contribution in [0.2, 0.25) is 19.1 Å². The molecule has 0 heterocycles. The van der Waals surface area contributed by atoms with Crippen LogP contribution in [-0.4, -0.2) is 8.80 Å². The van der Waals surface area contributed by atoms with E-state index in [1.54, 1.807) is 6.07 Å². The Bertz CT molecular complexity index is 284. The lowest BCUT2D eigenvalue weighted by atomic mass is 10.1. The summed E-state index contributed by atoms with van der Waals surface area (Å²) in [4.78, 5) is 0. The summed E-state index contributed by atoms with van der Waals surface area (Å²) in [6.45, 7) is 4.45. The lowest BCUT2D eigenvalue weighted by molar-refractivity contribution is 0.573. The number of aryl methyl sites for hydroxylation is 1. The molecule has 0 aromatic heterocycles. The molecule has 1 aromatic rings. The van der Waals surface area contributed by atoms with Gasteiger partial charge in [0.05, 0.1) is 0 Å². The molecule has 13 heavy (non-hydrogen) atoms. The normalized spacial score (nSPS) is 10.8. The highest BCUT2D eigenvalue weighted by atomic mass is 28.3. The van der Waals surface area contributed by atoms with Crippen LogP contribution < -0.4 is 0 Å². The van der Waals surface area contributed by atoms with Crippen LogP contribution in [0.1, 0.15) is 5.56 Å². The molecule has 0 spiro atoms. The van der Waals surface area contributed by atoms with E-state index in [2.05, 4.69) is 13.1 Å². The monoisotopic (exact) mass is 200 g/mol. The van der Waals surface area contributed by atoms with Crippen LogP contribution in [0, 0.1) is 11.6 Å². The lowest BCUT2D eigenvalue weighted by Gasteiger charge is -2.04. The molecular formula is C10H14F2Si. The molecule has 0 saturated heterocycles. The molecule has 72 valence electrons. The largest absolute Gasteiger partial charge is 0.207 e. The van der Waals surface area contributed by atoms with Gasteiger partial charge in [0.15, 0.2) is 0 Å². The average Bonchev–Trinajstić information content (AvgIpc) is 2.02. The number of rotatable bonds is 3. The minimum absolute atomic E-state index is 0.408. The maximum Gasteiger partial charge on any atom is 0.129 e. The Hall–Kier alpha value is -0.703. The number of halogens is 2. The topological polar surface area (TPSA) is 0 Å². The van der Waals surface area contributed by atoms with Gasteiger partial charge in [-0.05, 0) is 18.1 Å². The van der Waals surface area contributed by atoms with Crippen LogP contribution in [-0.2, 0) is 6.42 Å². The van der Waals surface area contributed by atoms with Crippen molar-refractivity contribution in [2.75, 3.05) is 0 Å². The molecule has 0 aliphatic rings. The summed E-state index contributed by atoms with van der Waals surface area (Å²) in [5, 5.41) is 0. The third-order valence-electron chi connectivity index (χ3n) is 2.01. The fourth-order valence-corrected chi connectivity index (χ4v) is 2.06. The molecule has 0 radical (unpaired) electrons. The van der Waals surface area contributed by atoms with Gasteiger partial charge < -0.3 is 0 Å². The molecule has 1 aromatic carbocycles. The van der Waals surface area contributed by atoms with E-state index in [0.29, 0.717) is 5.56 Å². The molecule has 0 amide bonds. The maximum absolute atomic E-state index is 13.1. The lowest BCUT2D eigenvalue weighted by Crippen LogP contribution is -2.02. The first kappa shape index (κ1) is 10.4. The van der Waals surface area contributed by atoms with E-state index in [0.717, 1.165) is 18.5 Å². The van der Waals surface area contributed by atoms with Gasteiger partial charge in [0.25, 0.3) is 0 Å². The van der Waals surface area contributed by atoms with Crippen LogP contribution in [0.15, 0.2) is 18.2 Å². The van der Waals surface area contributed by atoms with E-state index >= 15 is 0 Å². The van der Waals surface area contributed by atoms with Gasteiger partial charge in [-0.3, -0.25) is 0 Å². The molecular weight excluding hydrogens is 186 g/mol. The molecule has 0 saturated carbocycles. The predicted octanol–water partition coefficient (Wildman–Crippen LogP) is 2.99. The Morgan fingerprint density at radius 1 is 1.23 bits per heavy atom. The van der Waals surface area contributed by atoms with E-state index in [9.17, 15) is 8.78 Å². The van der Waals surface area contributed by atoms with Gasteiger partial charge in [0, 0.05) is 14.9 Å². The second kappa shape index (κ2) is 4.51. The zero-order valence-electron chi connectivity index (χ0n) is 7.98. The predicted molar refractivity (Wildman–Crippen MR) is 53.7 cm³/mol. The zero-order valence-corrected chi connectivity index (χ0v) is 9.13. The van der Waals surface area contributed by atoms with Crippen LogP contribution in [0.5, 0.6) is 0 Å². The van der Waals surface area contributed by atoms with E-state index in [1.807, 2.05) is 0 Å². The van der Waals surface area contributed by atoms with E-state index in [4.69, 9.17) is 0 Å². The minimum Gasteiger partial charge on any atom is -0.207 e. The first-order valence-corrected chi connectivity index (χ1v) is 7.66. The first-order chi connectivity index (χ1) is 6.09. The quantitative estimate of drug-likeness (QED) is 0.658. The van der Waals surface area contributed by atoms with Crippen LogP contribution in [0.25, 0.3) is 0 Å². The van der Waals surface area contributed by atoms with E-state index < -0.39 is 20.4 Å². The Labute approximate surface area is 79.2 Å². The van der Waals surface area contributed by atoms with Crippen molar-refractivity contribution in [1.82, 2.24) is 0 Å². The maximum atomic E-state index is 13.1. The summed E-state index contributed by atoms with van der Waals surface area (Å²) in [5.74, 6) is -0.905. The van der Waals surface area contributed by atoms with Gasteiger partial charge in [-0.15, -0.1) is 0 Å². The van der Waals surface area contributed by atoms with Gasteiger partial charge >= 0.3 is 0 Å². The third kappa shape index (κ3) is 3.26. The van der Waals surface area contributed by atoms with Crippen molar-refractivity contribution < 1.29 is 8.78 Å². The van der Waals surface area contributed by atoms with Crippen LogP contribution in [0.3, 0.4) is 0 Å². The Morgan fingerprint density at radius 2 is 1.92 bits per heavy atom. The summed E-state index contributed by atoms with van der Waals surface area (Å²) in [6.07, 6.45) is 0.746. The molecule has 3 heteroatoms. The fraction of sp³-hybridized carbons (Fsp3) is 0.400. The van der Waals surface area contributed by atoms with Gasteiger partial charge in [-0.1, -0.05) is 25.2 Å². The molecule has 0 aliphatic carbocycles. The SMILES string of the molecule is C[SiH](C)CCc1ccc(F)cc1F. The second-order valence-corrected chi connectivity index (χ2v) is 7.03. The molecule has 0 bridgehead atoms. The molecule has 0 atom stereocenters. The van der Waals surface area contributed by atoms with Crippen molar-refractivity contribution in [3.8, 4) is 0 Å². The van der Waals surface area contributed by atoms with Gasteiger partial charge in [0.1, 0.15) is 11.6 Å². The number of hydrogen-bond donors (Lipinski definition) is 0. The Kier molecular flexibility index (Phi) is 3.60. The first-order valence-electron chi connectivity index (χ1n) is 4.53. The highest BCUT2D eigenvalue weighted by Gasteiger charge is 2.04. The molecule has 0 nitrogen and oxygen atoms in total. The Morgan fingerprint density at radius 3 is 2.46 bits per heavy atom. The number of hydrogen-bond acceptors (Lipinski definition) is 0. The molecule has 1 rings (SSSR count). The van der Waals surface area contributed by atoms with Gasteiger partial charge in [-0.2, -0.15) is 0 Å². The summed E-state index contributed by atoms with van der Waals surface area (Å²) in [6, 6.07) is 4.89. The highest BCUT2D eigenvalue weighted by Crippen LogP contribution is 2.12. The molecule has 0 N–H and O–H groups in total. The average molecular weight is 200 g/mol. The standard InChI is InChI=1S/C10H14F2Si/c1-13(2)6-5-8-3-4-9(11)7-10(8)12/h3-4,7,13H,5-6H2,1-2H3. The van der Waals surface area contributed by atoms with Crippen molar-refractivity contribution in [3.63, 3.8) is 0 Å². The van der Waals surface area contributed by atoms with Crippen molar-refractivity contribution >= 4 is 8.80 Å². The molecule has 0 unspecified atom stereocenters. The van der Waals surface area contributed by atoms with Crippen molar-refractivity contribution in [2.45, 2.75) is 25.6 Å². The molecule has 0 aliphatic heterocycles. The van der Waals surface area contributed by atoms with Gasteiger partial charge in [0.2, 0.25) is 0 Å². The minimum atomic E-state index is -0.634. The van der Waals surface area contributed by atoms with E-state index in [-0.39, 0.29) is 0 Å². The fourth-order valence-electron chi connectivity index (χ4n) is 1.17. The van der Waals surface area contributed by atoms with Crippen molar-refractivity contribution in [3.05, 3.63) is 35.4 Å². The number of benzene rings is 1. The van der Waals surface area contributed by atoms with Crippen molar-refractivity contribution in [1.29, 1.82) is 0 Å². The van der Waals surface area contributed by atoms with Crippen molar-refractivity contribution in [2.24, 2.45) is 0 Å². The highest BCUT2D eigenvalue weighted by molar-refractivity contribution is 6.55. The van der Waals surface area contributed by atoms with Crippen LogP contribution in [0.4, 0.5) is 8.78 Å². The Balaban J connectivity index is 2.67. The third-order valence-corrected chi connectivity index (χ3v) is 3.45. The molecule has 0 fully saturated rings. The summed E-state index contributed by atoms with van der Waals surface area (Å²) >= 11 is 0. The summed E-state index contributed by atoms with van der Waals surface area (Å²) < 4.78 is 25.6. The summed E-state index contributed by atoms with van der Waals surface area (Å²) in [5.41, 5.74) is 0.641. The zero-order chi connectivity index (χ0) is 9.84. The van der Waals surface area contributed by atoms with E-state index in [1.165, 1.54) is 6.07 Å². The second-order valence-electron chi connectivity index (χ2n) is 3.67. The summed E-state index contributed by atoms with van der Waals surface area (Å²) in [7, 11) is -0.634. The smallest absolute Gasteiger partial charge is 0.129 e. The van der Waals surface area contributed by atoms with Crippen LogP contribution >= 0.6 is 0 Å². The van der Waals surface area contributed by atoms with Gasteiger partial charge in [-0.25, -0.2) is 8.78 Å².